The van der Waals surface area contributed by atoms with E-state index in [4.69, 9.17) is 21.1 Å². The zero-order chi connectivity index (χ0) is 18.2. The average molecular weight is 369 g/mol. The van der Waals surface area contributed by atoms with Gasteiger partial charge in [0.15, 0.2) is 0 Å². The summed E-state index contributed by atoms with van der Waals surface area (Å²) in [5.74, 6) is 1.60. The van der Waals surface area contributed by atoms with Gasteiger partial charge in [0.25, 0.3) is 0 Å². The smallest absolute Gasteiger partial charge is 0.138 e. The van der Waals surface area contributed by atoms with Crippen LogP contribution in [-0.2, 0) is 0 Å². The number of unbranched alkanes of at least 4 members (excludes halogenated alkanes) is 10. The molecule has 0 fully saturated rings. The highest BCUT2D eigenvalue weighted by atomic mass is 35.5. The van der Waals surface area contributed by atoms with Crippen molar-refractivity contribution < 1.29 is 9.47 Å². The molecule has 0 saturated heterocycles. The molecule has 0 atom stereocenters. The second kappa shape index (κ2) is 15.4. The van der Waals surface area contributed by atoms with Crippen molar-refractivity contribution in [3.8, 4) is 11.5 Å². The molecule has 0 heterocycles. The lowest BCUT2D eigenvalue weighted by Crippen LogP contribution is -2.00. The summed E-state index contributed by atoms with van der Waals surface area (Å²) in [5, 5.41) is 0.645. The van der Waals surface area contributed by atoms with Crippen LogP contribution in [0.4, 0.5) is 0 Å². The fourth-order valence-electron chi connectivity index (χ4n) is 2.83. The maximum Gasteiger partial charge on any atom is 0.138 e. The van der Waals surface area contributed by atoms with Gasteiger partial charge in [0.2, 0.25) is 0 Å². The summed E-state index contributed by atoms with van der Waals surface area (Å²) in [4.78, 5) is 0. The molecule has 1 aromatic rings. The Morgan fingerprint density at radius 2 is 1.20 bits per heavy atom. The first kappa shape index (κ1) is 22.2. The maximum atomic E-state index is 6.30. The van der Waals surface area contributed by atoms with E-state index in [2.05, 4.69) is 13.8 Å². The largest absolute Gasteiger partial charge is 0.494 e. The minimum absolute atomic E-state index is 0.645. The van der Waals surface area contributed by atoms with E-state index in [0.29, 0.717) is 5.02 Å². The second-order valence-electron chi connectivity index (χ2n) is 6.82. The second-order valence-corrected chi connectivity index (χ2v) is 7.23. The quantitative estimate of drug-likeness (QED) is 0.277. The third-order valence-corrected chi connectivity index (χ3v) is 4.72. The highest BCUT2D eigenvalue weighted by molar-refractivity contribution is 6.32. The summed E-state index contributed by atoms with van der Waals surface area (Å²) in [5.41, 5.74) is 0. The molecule has 0 spiro atoms. The molecule has 144 valence electrons. The molecular formula is C22H37ClO2. The molecular weight excluding hydrogens is 332 g/mol. The zero-order valence-corrected chi connectivity index (χ0v) is 17.1. The molecule has 0 aliphatic rings. The molecule has 0 radical (unpaired) electrons. The van der Waals surface area contributed by atoms with E-state index >= 15 is 0 Å². The highest BCUT2D eigenvalue weighted by Crippen LogP contribution is 2.29. The van der Waals surface area contributed by atoms with Gasteiger partial charge in [-0.2, -0.15) is 0 Å². The number of ether oxygens (including phenoxy) is 2. The monoisotopic (exact) mass is 368 g/mol. The SMILES string of the molecule is CCCCCCCCOc1ccc(OCCCCCCCC)c(Cl)c1. The van der Waals surface area contributed by atoms with Crippen LogP contribution < -0.4 is 9.47 Å². The van der Waals surface area contributed by atoms with E-state index in [1.165, 1.54) is 64.2 Å². The summed E-state index contributed by atoms with van der Waals surface area (Å²) in [6.45, 7) is 5.99. The topological polar surface area (TPSA) is 18.5 Å². The van der Waals surface area contributed by atoms with E-state index in [0.717, 1.165) is 37.6 Å². The number of hydrogen-bond acceptors (Lipinski definition) is 2. The molecule has 0 saturated carbocycles. The Hall–Kier alpha value is -0.890. The van der Waals surface area contributed by atoms with Gasteiger partial charge in [-0.1, -0.05) is 89.7 Å². The van der Waals surface area contributed by atoms with E-state index < -0.39 is 0 Å². The van der Waals surface area contributed by atoms with Crippen LogP contribution in [0.2, 0.25) is 5.02 Å². The fraction of sp³-hybridized carbons (Fsp3) is 0.727. The van der Waals surface area contributed by atoms with Gasteiger partial charge < -0.3 is 9.47 Å². The van der Waals surface area contributed by atoms with Crippen molar-refractivity contribution in [3.63, 3.8) is 0 Å². The van der Waals surface area contributed by atoms with Crippen LogP contribution >= 0.6 is 11.6 Å². The lowest BCUT2D eigenvalue weighted by molar-refractivity contribution is 0.296. The maximum absolute atomic E-state index is 6.30. The van der Waals surface area contributed by atoms with Gasteiger partial charge in [-0.05, 0) is 25.0 Å². The molecule has 0 unspecified atom stereocenters. The molecule has 25 heavy (non-hydrogen) atoms. The van der Waals surface area contributed by atoms with E-state index in [1.807, 2.05) is 18.2 Å². The summed E-state index contributed by atoms with van der Waals surface area (Å²) in [6.07, 6.45) is 15.2. The molecule has 0 N–H and O–H groups in total. The highest BCUT2D eigenvalue weighted by Gasteiger charge is 2.04. The number of halogens is 1. The fourth-order valence-corrected chi connectivity index (χ4v) is 3.05. The lowest BCUT2D eigenvalue weighted by atomic mass is 10.1. The Labute approximate surface area is 160 Å². The first-order valence-electron chi connectivity index (χ1n) is 10.3. The third kappa shape index (κ3) is 11.4. The molecule has 3 heteroatoms. The normalized spacial score (nSPS) is 10.8. The Kier molecular flexibility index (Phi) is 13.6. The van der Waals surface area contributed by atoms with Crippen LogP contribution in [0.3, 0.4) is 0 Å². The summed E-state index contributed by atoms with van der Waals surface area (Å²) >= 11 is 6.30. The summed E-state index contributed by atoms with van der Waals surface area (Å²) in [6, 6.07) is 5.75. The molecule has 1 aromatic carbocycles. The van der Waals surface area contributed by atoms with E-state index in [1.54, 1.807) is 0 Å². The Balaban J connectivity index is 2.14. The van der Waals surface area contributed by atoms with Crippen molar-refractivity contribution in [2.45, 2.75) is 90.9 Å². The minimum Gasteiger partial charge on any atom is -0.494 e. The minimum atomic E-state index is 0.645. The zero-order valence-electron chi connectivity index (χ0n) is 16.3. The standard InChI is InChI=1S/C22H37ClO2/c1-3-5-7-9-11-13-17-24-20-15-16-22(21(23)19-20)25-18-14-12-10-8-6-4-2/h15-16,19H,3-14,17-18H2,1-2H3. The van der Waals surface area contributed by atoms with Crippen molar-refractivity contribution in [3.05, 3.63) is 23.2 Å². The van der Waals surface area contributed by atoms with Crippen molar-refractivity contribution >= 4 is 11.6 Å². The van der Waals surface area contributed by atoms with Gasteiger partial charge in [0.05, 0.1) is 18.2 Å². The van der Waals surface area contributed by atoms with E-state index in [9.17, 15) is 0 Å². The van der Waals surface area contributed by atoms with Crippen molar-refractivity contribution in [2.24, 2.45) is 0 Å². The number of rotatable bonds is 16. The van der Waals surface area contributed by atoms with Crippen LogP contribution in [0.5, 0.6) is 11.5 Å². The lowest BCUT2D eigenvalue weighted by Gasteiger charge is -2.11. The molecule has 0 aliphatic heterocycles. The third-order valence-electron chi connectivity index (χ3n) is 4.43. The first-order valence-corrected chi connectivity index (χ1v) is 10.7. The Bertz CT molecular complexity index is 434. The molecule has 0 bridgehead atoms. The average Bonchev–Trinajstić information content (AvgIpc) is 2.61. The Morgan fingerprint density at radius 1 is 0.680 bits per heavy atom. The summed E-state index contributed by atoms with van der Waals surface area (Å²) < 4.78 is 11.6. The number of hydrogen-bond donors (Lipinski definition) is 0. The first-order chi connectivity index (χ1) is 12.3. The van der Waals surface area contributed by atoms with Gasteiger partial charge in [-0.15, -0.1) is 0 Å². The van der Waals surface area contributed by atoms with Crippen molar-refractivity contribution in [1.82, 2.24) is 0 Å². The Morgan fingerprint density at radius 3 is 1.76 bits per heavy atom. The van der Waals surface area contributed by atoms with Gasteiger partial charge in [0, 0.05) is 6.07 Å². The van der Waals surface area contributed by atoms with Crippen LogP contribution in [0, 0.1) is 0 Å². The van der Waals surface area contributed by atoms with Gasteiger partial charge >= 0.3 is 0 Å². The molecule has 2 nitrogen and oxygen atoms in total. The van der Waals surface area contributed by atoms with Crippen LogP contribution in [0.1, 0.15) is 90.9 Å². The predicted molar refractivity (Wildman–Crippen MR) is 109 cm³/mol. The molecule has 1 rings (SSSR count). The van der Waals surface area contributed by atoms with Crippen LogP contribution in [-0.4, -0.2) is 13.2 Å². The molecule has 0 aliphatic carbocycles. The van der Waals surface area contributed by atoms with Gasteiger partial charge in [-0.25, -0.2) is 0 Å². The summed E-state index contributed by atoms with van der Waals surface area (Å²) in [7, 11) is 0. The van der Waals surface area contributed by atoms with Gasteiger partial charge in [0.1, 0.15) is 11.5 Å². The van der Waals surface area contributed by atoms with Gasteiger partial charge in [-0.3, -0.25) is 0 Å². The van der Waals surface area contributed by atoms with Crippen LogP contribution in [0.25, 0.3) is 0 Å². The van der Waals surface area contributed by atoms with Crippen molar-refractivity contribution in [1.29, 1.82) is 0 Å². The predicted octanol–water partition coefficient (Wildman–Crippen LogP) is 7.82. The molecule has 0 amide bonds. The van der Waals surface area contributed by atoms with Crippen molar-refractivity contribution in [2.75, 3.05) is 13.2 Å². The van der Waals surface area contributed by atoms with Crippen LogP contribution in [0.15, 0.2) is 18.2 Å². The molecule has 0 aromatic heterocycles. The number of benzene rings is 1. The van der Waals surface area contributed by atoms with E-state index in [-0.39, 0.29) is 0 Å².